The Morgan fingerprint density at radius 3 is 2.43 bits per heavy atom. The van der Waals surface area contributed by atoms with Crippen molar-refractivity contribution in [3.8, 4) is 0 Å². The first-order chi connectivity index (χ1) is 10.7. The van der Waals surface area contributed by atoms with Crippen molar-refractivity contribution in [2.45, 2.75) is 32.2 Å². The zero-order chi connectivity index (χ0) is 17.5. The highest BCUT2D eigenvalue weighted by Gasteiger charge is 2.38. The lowest BCUT2D eigenvalue weighted by Crippen LogP contribution is -2.33. The Hall–Kier alpha value is -2.15. The molecule has 0 saturated carbocycles. The number of carboxylic acid groups (broad SMARTS) is 1. The molecule has 23 heavy (non-hydrogen) atoms. The van der Waals surface area contributed by atoms with Crippen LogP contribution in [0.1, 0.15) is 47.6 Å². The molecule has 0 amide bonds. The summed E-state index contributed by atoms with van der Waals surface area (Å²) in [5.74, 6) is -1.45. The van der Waals surface area contributed by atoms with E-state index in [0.29, 0.717) is 12.8 Å². The molecule has 8 heteroatoms. The first-order valence-electron chi connectivity index (χ1n) is 6.75. The van der Waals surface area contributed by atoms with Crippen LogP contribution in [0.2, 0.25) is 0 Å². The molecule has 1 aromatic rings. The molecule has 1 aliphatic heterocycles. The molecule has 0 aliphatic carbocycles. The minimum atomic E-state index is -1.45. The molecule has 0 unspecified atom stereocenters. The van der Waals surface area contributed by atoms with Gasteiger partial charge in [-0.2, -0.15) is 0 Å². The molecule has 0 fully saturated rings. The first-order valence-corrected chi connectivity index (χ1v) is 7.13. The van der Waals surface area contributed by atoms with Gasteiger partial charge in [0.1, 0.15) is 18.2 Å². The minimum absolute atomic E-state index is 0.0385. The third kappa shape index (κ3) is 2.55. The Kier molecular flexibility index (Phi) is 4.34. The van der Waals surface area contributed by atoms with Gasteiger partial charge in [0.25, 0.3) is 0 Å². The number of hydrogen-bond acceptors (Lipinski definition) is 3. The van der Waals surface area contributed by atoms with Gasteiger partial charge < -0.3 is 15.4 Å². The van der Waals surface area contributed by atoms with Gasteiger partial charge in [0.05, 0.1) is 22.0 Å². The predicted molar refractivity (Wildman–Crippen MR) is 83.5 cm³/mol. The smallest absolute Gasteiger partial charge is 0.341 e. The number of halogens is 3. The van der Waals surface area contributed by atoms with Crippen molar-refractivity contribution in [1.82, 2.24) is 4.57 Å². The Balaban J connectivity index is 3.13. The van der Waals surface area contributed by atoms with Crippen LogP contribution < -0.4 is 11.2 Å². The maximum atomic E-state index is 13.1. The van der Waals surface area contributed by atoms with Crippen LogP contribution in [0.4, 0.5) is 8.78 Å². The quantitative estimate of drug-likeness (QED) is 0.882. The molecule has 2 heterocycles. The summed E-state index contributed by atoms with van der Waals surface area (Å²) in [5.41, 5.74) is 2.43. The van der Waals surface area contributed by atoms with Crippen molar-refractivity contribution in [3.05, 3.63) is 45.4 Å². The van der Waals surface area contributed by atoms with E-state index in [1.165, 1.54) is 4.57 Å². The summed E-state index contributed by atoms with van der Waals surface area (Å²) in [4.78, 5) is 24.1. The molecule has 0 spiro atoms. The summed E-state index contributed by atoms with van der Waals surface area (Å²) >= 11 is 5.89. The van der Waals surface area contributed by atoms with E-state index in [2.05, 4.69) is 0 Å². The predicted octanol–water partition coefficient (Wildman–Crippen LogP) is 2.96. The highest BCUT2D eigenvalue weighted by Crippen LogP contribution is 2.39. The van der Waals surface area contributed by atoms with E-state index in [1.807, 2.05) is 0 Å². The average molecular weight is 345 g/mol. The Labute approximate surface area is 135 Å². The first kappa shape index (κ1) is 17.2. The van der Waals surface area contributed by atoms with Crippen LogP contribution in [0.15, 0.2) is 17.5 Å². The largest absolute Gasteiger partial charge is 0.477 e. The normalized spacial score (nSPS) is 17.3. The van der Waals surface area contributed by atoms with Gasteiger partial charge in [0.2, 0.25) is 5.43 Å². The second-order valence-electron chi connectivity index (χ2n) is 5.85. The van der Waals surface area contributed by atoms with E-state index in [0.717, 1.165) is 0 Å². The second-order valence-corrected chi connectivity index (χ2v) is 6.26. The third-order valence-electron chi connectivity index (χ3n) is 3.99. The number of nitrogens with two attached hydrogens (primary N) is 1. The van der Waals surface area contributed by atoms with Crippen molar-refractivity contribution < 1.29 is 18.7 Å². The summed E-state index contributed by atoms with van der Waals surface area (Å²) in [6.45, 7) is 3.56. The van der Waals surface area contributed by atoms with Gasteiger partial charge in [-0.15, -0.1) is 0 Å². The van der Waals surface area contributed by atoms with Crippen LogP contribution in [0.25, 0.3) is 10.7 Å². The summed E-state index contributed by atoms with van der Waals surface area (Å²) in [6.07, 6.45) is 0.836. The van der Waals surface area contributed by atoms with Gasteiger partial charge in [-0.25, -0.2) is 13.6 Å². The molecule has 0 bridgehead atoms. The molecule has 5 nitrogen and oxygen atoms in total. The van der Waals surface area contributed by atoms with Gasteiger partial charge in [-0.05, 0) is 26.7 Å². The summed E-state index contributed by atoms with van der Waals surface area (Å²) in [5, 5.41) is 8.93. The van der Waals surface area contributed by atoms with Crippen LogP contribution in [0.5, 0.6) is 0 Å². The van der Waals surface area contributed by atoms with E-state index in [9.17, 15) is 23.5 Å². The third-order valence-corrected chi connectivity index (χ3v) is 4.26. The fourth-order valence-corrected chi connectivity index (χ4v) is 3.16. The molecule has 1 aromatic heterocycles. The van der Waals surface area contributed by atoms with Crippen molar-refractivity contribution >= 4 is 28.3 Å². The lowest BCUT2D eigenvalue weighted by atomic mass is 10.0. The number of hydrogen-bond donors (Lipinski definition) is 2. The number of nitrogens with zero attached hydrogens (tertiary/aromatic N) is 1. The highest BCUT2D eigenvalue weighted by atomic mass is 35.5. The second kappa shape index (κ2) is 5.81. The van der Waals surface area contributed by atoms with E-state index in [-0.39, 0.29) is 24.0 Å². The van der Waals surface area contributed by atoms with Crippen molar-refractivity contribution in [2.24, 2.45) is 5.73 Å². The van der Waals surface area contributed by atoms with Crippen molar-refractivity contribution in [3.63, 3.8) is 0 Å². The van der Waals surface area contributed by atoms with Crippen LogP contribution in [0, 0.1) is 0 Å². The SMILES string of the molecule is CC1(C)CCc2c(C(=O)O)c(=O)c(/C(N)=C/F)c(/C(Cl)=C/F)n21. The number of aromatic nitrogens is 1. The molecule has 0 atom stereocenters. The van der Waals surface area contributed by atoms with E-state index >= 15 is 0 Å². The standard InChI is InChI=1S/C15H15ClF2N2O3/c1-15(2)4-3-9-11(14(22)23)13(21)10(8(19)6-18)12(20(9)15)7(16)5-17/h5-6H,3-4,19H2,1-2H3,(H,22,23)/b7-5-,8-6-. The molecule has 2 rings (SSSR count). The van der Waals surface area contributed by atoms with Crippen molar-refractivity contribution in [1.29, 1.82) is 0 Å². The topological polar surface area (TPSA) is 85.3 Å². The monoisotopic (exact) mass is 344 g/mol. The zero-order valence-electron chi connectivity index (χ0n) is 12.5. The summed E-state index contributed by atoms with van der Waals surface area (Å²) in [7, 11) is 0. The number of carboxylic acids is 1. The Bertz CT molecular complexity index is 810. The summed E-state index contributed by atoms with van der Waals surface area (Å²) < 4.78 is 27.4. The number of rotatable bonds is 3. The van der Waals surface area contributed by atoms with Crippen LogP contribution in [-0.4, -0.2) is 15.6 Å². The maximum absolute atomic E-state index is 13.1. The Morgan fingerprint density at radius 1 is 1.35 bits per heavy atom. The molecule has 3 N–H and O–H groups in total. The Morgan fingerprint density at radius 2 is 1.96 bits per heavy atom. The number of pyridine rings is 1. The molecule has 0 saturated heterocycles. The van der Waals surface area contributed by atoms with Gasteiger partial charge in [0.15, 0.2) is 0 Å². The molecule has 0 aromatic carbocycles. The van der Waals surface area contributed by atoms with Gasteiger partial charge in [0, 0.05) is 11.2 Å². The highest BCUT2D eigenvalue weighted by molar-refractivity contribution is 6.48. The van der Waals surface area contributed by atoms with Crippen LogP contribution in [0.3, 0.4) is 0 Å². The average Bonchev–Trinajstić information content (AvgIpc) is 2.79. The van der Waals surface area contributed by atoms with Gasteiger partial charge >= 0.3 is 5.97 Å². The number of fused-ring (bicyclic) bond motifs is 1. The van der Waals surface area contributed by atoms with Crippen molar-refractivity contribution in [2.75, 3.05) is 0 Å². The van der Waals surface area contributed by atoms with Gasteiger partial charge in [-0.3, -0.25) is 4.79 Å². The van der Waals surface area contributed by atoms with E-state index < -0.39 is 38.8 Å². The molecular formula is C15H15ClF2N2O3. The van der Waals surface area contributed by atoms with Crippen LogP contribution >= 0.6 is 11.6 Å². The molecular weight excluding hydrogens is 330 g/mol. The molecule has 0 radical (unpaired) electrons. The fraction of sp³-hybridized carbons (Fsp3) is 0.333. The number of aromatic carboxylic acids is 1. The fourth-order valence-electron chi connectivity index (χ4n) is 2.98. The van der Waals surface area contributed by atoms with E-state index in [4.69, 9.17) is 17.3 Å². The lowest BCUT2D eigenvalue weighted by Gasteiger charge is -2.28. The zero-order valence-corrected chi connectivity index (χ0v) is 13.2. The number of carbonyl (C=O) groups is 1. The van der Waals surface area contributed by atoms with Gasteiger partial charge in [-0.1, -0.05) is 11.6 Å². The molecule has 124 valence electrons. The minimum Gasteiger partial charge on any atom is -0.477 e. The van der Waals surface area contributed by atoms with Crippen LogP contribution in [-0.2, 0) is 12.0 Å². The molecule has 1 aliphatic rings. The van der Waals surface area contributed by atoms with E-state index in [1.54, 1.807) is 13.8 Å². The lowest BCUT2D eigenvalue weighted by molar-refractivity contribution is 0.0693. The summed E-state index contributed by atoms with van der Waals surface area (Å²) in [6, 6.07) is 0. The maximum Gasteiger partial charge on any atom is 0.341 e.